The van der Waals surface area contributed by atoms with Gasteiger partial charge in [-0.15, -0.1) is 0 Å². The summed E-state index contributed by atoms with van der Waals surface area (Å²) in [5, 5.41) is 6.70. The van der Waals surface area contributed by atoms with Crippen molar-refractivity contribution in [2.24, 2.45) is 0 Å². The summed E-state index contributed by atoms with van der Waals surface area (Å²) < 4.78 is 0. The van der Waals surface area contributed by atoms with Crippen molar-refractivity contribution in [1.29, 1.82) is 0 Å². The molecule has 0 saturated carbocycles. The first-order valence-corrected chi connectivity index (χ1v) is 4.97. The second-order valence-corrected chi connectivity index (χ2v) is 4.35. The Kier molecular flexibility index (Phi) is 3.89. The maximum atomic E-state index is 4.03. The summed E-state index contributed by atoms with van der Waals surface area (Å²) in [6.45, 7) is 8.37. The summed E-state index contributed by atoms with van der Waals surface area (Å²) in [7, 11) is 0. The van der Waals surface area contributed by atoms with Gasteiger partial charge in [0.05, 0.1) is 5.69 Å². The molecule has 0 spiro atoms. The zero-order chi connectivity index (χ0) is 10.4. The summed E-state index contributed by atoms with van der Waals surface area (Å²) in [4.78, 5) is 4.03. The van der Waals surface area contributed by atoms with Crippen LogP contribution in [0.5, 0.6) is 0 Å². The fraction of sp³-hybridized carbons (Fsp3) is 0.545. The second-order valence-electron chi connectivity index (χ2n) is 4.35. The molecule has 0 bridgehead atoms. The molecular formula is C11H19N3. The highest BCUT2D eigenvalue weighted by molar-refractivity contribution is 5.39. The molecule has 0 atom stereocenters. The van der Waals surface area contributed by atoms with Gasteiger partial charge in [-0.2, -0.15) is 0 Å². The number of nitrogens with zero attached hydrogens (tertiary/aromatic N) is 1. The van der Waals surface area contributed by atoms with Gasteiger partial charge in [0, 0.05) is 31.0 Å². The van der Waals surface area contributed by atoms with Crippen LogP contribution in [0, 0.1) is 0 Å². The summed E-state index contributed by atoms with van der Waals surface area (Å²) >= 11 is 0. The lowest BCUT2D eigenvalue weighted by Crippen LogP contribution is -2.38. The van der Waals surface area contributed by atoms with Gasteiger partial charge in [0.2, 0.25) is 0 Å². The first kappa shape index (κ1) is 11.0. The number of pyridine rings is 1. The van der Waals surface area contributed by atoms with Gasteiger partial charge in [0.25, 0.3) is 0 Å². The quantitative estimate of drug-likeness (QED) is 0.717. The van der Waals surface area contributed by atoms with Crippen LogP contribution in [0.3, 0.4) is 0 Å². The molecule has 0 radical (unpaired) electrons. The van der Waals surface area contributed by atoms with Crippen LogP contribution in [0.15, 0.2) is 24.5 Å². The maximum Gasteiger partial charge on any atom is 0.0527 e. The van der Waals surface area contributed by atoms with E-state index in [4.69, 9.17) is 0 Å². The van der Waals surface area contributed by atoms with Crippen molar-refractivity contribution in [2.75, 3.05) is 18.4 Å². The van der Waals surface area contributed by atoms with Crippen molar-refractivity contribution in [3.63, 3.8) is 0 Å². The molecule has 0 aliphatic rings. The third kappa shape index (κ3) is 4.82. The molecule has 1 aromatic rings. The summed E-state index contributed by atoms with van der Waals surface area (Å²) in [6, 6.07) is 3.95. The second kappa shape index (κ2) is 4.96. The van der Waals surface area contributed by atoms with Gasteiger partial charge in [-0.05, 0) is 32.9 Å². The first-order chi connectivity index (χ1) is 6.58. The monoisotopic (exact) mass is 193 g/mol. The normalized spacial score (nSPS) is 11.4. The number of nitrogens with one attached hydrogen (secondary N) is 2. The molecule has 0 saturated heterocycles. The van der Waals surface area contributed by atoms with E-state index in [-0.39, 0.29) is 5.54 Å². The predicted octanol–water partition coefficient (Wildman–Crippen LogP) is 1.88. The molecular weight excluding hydrogens is 174 g/mol. The minimum absolute atomic E-state index is 0.191. The average molecular weight is 193 g/mol. The van der Waals surface area contributed by atoms with E-state index >= 15 is 0 Å². The number of rotatable bonds is 4. The predicted molar refractivity (Wildman–Crippen MR) is 60.5 cm³/mol. The Labute approximate surface area is 85.9 Å². The van der Waals surface area contributed by atoms with Gasteiger partial charge in [-0.1, -0.05) is 0 Å². The average Bonchev–Trinajstić information content (AvgIpc) is 2.13. The van der Waals surface area contributed by atoms with Gasteiger partial charge in [-0.3, -0.25) is 4.98 Å². The highest BCUT2D eigenvalue weighted by Crippen LogP contribution is 2.01. The molecule has 3 nitrogen and oxygen atoms in total. The van der Waals surface area contributed by atoms with Crippen LogP contribution >= 0.6 is 0 Å². The lowest BCUT2D eigenvalue weighted by molar-refractivity contribution is 0.435. The number of anilines is 1. The maximum absolute atomic E-state index is 4.03. The van der Waals surface area contributed by atoms with Gasteiger partial charge < -0.3 is 10.6 Å². The number of hydrogen-bond donors (Lipinski definition) is 2. The van der Waals surface area contributed by atoms with Crippen molar-refractivity contribution in [3.8, 4) is 0 Å². The van der Waals surface area contributed by atoms with Crippen LogP contribution in [-0.4, -0.2) is 23.6 Å². The Morgan fingerprint density at radius 3 is 2.64 bits per heavy atom. The van der Waals surface area contributed by atoms with E-state index in [0.717, 1.165) is 18.8 Å². The molecule has 0 aliphatic carbocycles. The molecule has 1 heterocycles. The molecule has 1 rings (SSSR count). The lowest BCUT2D eigenvalue weighted by atomic mass is 10.1. The summed E-state index contributed by atoms with van der Waals surface area (Å²) in [5.41, 5.74) is 1.26. The largest absolute Gasteiger partial charge is 0.383 e. The van der Waals surface area contributed by atoms with E-state index in [1.165, 1.54) is 0 Å². The smallest absolute Gasteiger partial charge is 0.0527 e. The molecule has 14 heavy (non-hydrogen) atoms. The highest BCUT2D eigenvalue weighted by atomic mass is 15.0. The van der Waals surface area contributed by atoms with E-state index in [1.807, 2.05) is 18.3 Å². The molecule has 0 fully saturated rings. The third-order valence-corrected chi connectivity index (χ3v) is 1.77. The topological polar surface area (TPSA) is 37.0 Å². The van der Waals surface area contributed by atoms with Crippen LogP contribution in [0.1, 0.15) is 20.8 Å². The van der Waals surface area contributed by atoms with Gasteiger partial charge in [0.15, 0.2) is 0 Å². The minimum atomic E-state index is 0.191. The van der Waals surface area contributed by atoms with Crippen molar-refractivity contribution in [1.82, 2.24) is 10.3 Å². The standard InChI is InChI=1S/C11H19N3/c1-11(2,3)14-8-7-13-10-5-4-6-12-9-10/h4-6,9,13-14H,7-8H2,1-3H3. The summed E-state index contributed by atoms with van der Waals surface area (Å²) in [5.74, 6) is 0. The molecule has 0 amide bonds. The fourth-order valence-electron chi connectivity index (χ4n) is 1.11. The Morgan fingerprint density at radius 2 is 2.07 bits per heavy atom. The summed E-state index contributed by atoms with van der Waals surface area (Å²) in [6.07, 6.45) is 3.61. The Morgan fingerprint density at radius 1 is 1.29 bits per heavy atom. The fourth-order valence-corrected chi connectivity index (χ4v) is 1.11. The third-order valence-electron chi connectivity index (χ3n) is 1.77. The van der Waals surface area contributed by atoms with Crippen LogP contribution in [0.25, 0.3) is 0 Å². The van der Waals surface area contributed by atoms with Crippen molar-refractivity contribution >= 4 is 5.69 Å². The highest BCUT2D eigenvalue weighted by Gasteiger charge is 2.06. The van der Waals surface area contributed by atoms with Crippen LogP contribution < -0.4 is 10.6 Å². The molecule has 78 valence electrons. The van der Waals surface area contributed by atoms with E-state index in [0.29, 0.717) is 0 Å². The van der Waals surface area contributed by atoms with Crippen molar-refractivity contribution in [3.05, 3.63) is 24.5 Å². The van der Waals surface area contributed by atoms with Gasteiger partial charge >= 0.3 is 0 Å². The SMILES string of the molecule is CC(C)(C)NCCNc1cccnc1. The van der Waals surface area contributed by atoms with Gasteiger partial charge in [-0.25, -0.2) is 0 Å². The van der Waals surface area contributed by atoms with E-state index in [2.05, 4.69) is 36.4 Å². The number of hydrogen-bond acceptors (Lipinski definition) is 3. The molecule has 1 aromatic heterocycles. The Bertz CT molecular complexity index is 251. The van der Waals surface area contributed by atoms with Crippen molar-refractivity contribution < 1.29 is 0 Å². The Balaban J connectivity index is 2.17. The van der Waals surface area contributed by atoms with Crippen LogP contribution in [-0.2, 0) is 0 Å². The minimum Gasteiger partial charge on any atom is -0.383 e. The first-order valence-electron chi connectivity index (χ1n) is 4.97. The zero-order valence-corrected chi connectivity index (χ0v) is 9.17. The van der Waals surface area contributed by atoms with Crippen LogP contribution in [0.4, 0.5) is 5.69 Å². The molecule has 0 aromatic carbocycles. The van der Waals surface area contributed by atoms with E-state index in [9.17, 15) is 0 Å². The van der Waals surface area contributed by atoms with E-state index in [1.54, 1.807) is 6.20 Å². The molecule has 2 N–H and O–H groups in total. The van der Waals surface area contributed by atoms with Gasteiger partial charge in [0.1, 0.15) is 0 Å². The lowest BCUT2D eigenvalue weighted by Gasteiger charge is -2.20. The molecule has 0 aliphatic heterocycles. The molecule has 0 unspecified atom stereocenters. The van der Waals surface area contributed by atoms with E-state index < -0.39 is 0 Å². The number of aromatic nitrogens is 1. The van der Waals surface area contributed by atoms with Crippen molar-refractivity contribution in [2.45, 2.75) is 26.3 Å². The Hall–Kier alpha value is -1.09. The van der Waals surface area contributed by atoms with Crippen LogP contribution in [0.2, 0.25) is 0 Å². The zero-order valence-electron chi connectivity index (χ0n) is 9.17. The molecule has 3 heteroatoms.